The molecule has 0 N–H and O–H groups in total. The van der Waals surface area contributed by atoms with E-state index in [1.165, 1.54) is 12.8 Å². The molecule has 1 aromatic rings. The van der Waals surface area contributed by atoms with Gasteiger partial charge in [0.2, 0.25) is 5.91 Å². The van der Waals surface area contributed by atoms with Gasteiger partial charge in [-0.15, -0.1) is 6.42 Å². The van der Waals surface area contributed by atoms with E-state index in [2.05, 4.69) is 5.92 Å². The smallest absolute Gasteiger partial charge is 0.227 e. The van der Waals surface area contributed by atoms with E-state index in [1.807, 2.05) is 12.1 Å². The highest BCUT2D eigenvalue weighted by atomic mass is 35.5. The number of hydrogen-bond donors (Lipinski definition) is 0. The average Bonchev–Trinajstić information content (AvgIpc) is 3.15. The maximum Gasteiger partial charge on any atom is 0.227 e. The van der Waals surface area contributed by atoms with Gasteiger partial charge < -0.3 is 4.90 Å². The van der Waals surface area contributed by atoms with Crippen LogP contribution in [-0.2, 0) is 11.2 Å². The normalized spacial score (nSPS) is 14.0. The van der Waals surface area contributed by atoms with Crippen molar-refractivity contribution in [2.24, 2.45) is 5.92 Å². The van der Waals surface area contributed by atoms with Crippen molar-refractivity contribution < 1.29 is 4.79 Å². The number of rotatable bonds is 5. The molecule has 0 unspecified atom stereocenters. The van der Waals surface area contributed by atoms with Crippen molar-refractivity contribution in [1.82, 2.24) is 4.90 Å². The summed E-state index contributed by atoms with van der Waals surface area (Å²) >= 11 is 5.82. The monoisotopic (exact) mass is 261 g/mol. The third-order valence-corrected chi connectivity index (χ3v) is 3.33. The number of carbonyl (C=O) groups is 1. The summed E-state index contributed by atoms with van der Waals surface area (Å²) < 4.78 is 0. The first-order valence-electron chi connectivity index (χ1n) is 6.14. The van der Waals surface area contributed by atoms with E-state index in [4.69, 9.17) is 18.0 Å². The van der Waals surface area contributed by atoms with Gasteiger partial charge in [-0.05, 0) is 36.5 Å². The zero-order valence-electron chi connectivity index (χ0n) is 10.2. The Morgan fingerprint density at radius 1 is 1.39 bits per heavy atom. The molecule has 18 heavy (non-hydrogen) atoms. The van der Waals surface area contributed by atoms with Gasteiger partial charge in [0.05, 0.1) is 13.0 Å². The fraction of sp³-hybridized carbons (Fsp3) is 0.400. The summed E-state index contributed by atoms with van der Waals surface area (Å²) in [7, 11) is 0. The van der Waals surface area contributed by atoms with Crippen molar-refractivity contribution in [3.63, 3.8) is 0 Å². The highest BCUT2D eigenvalue weighted by Crippen LogP contribution is 2.29. The molecule has 0 atom stereocenters. The van der Waals surface area contributed by atoms with Crippen LogP contribution in [0, 0.1) is 18.3 Å². The van der Waals surface area contributed by atoms with Crippen LogP contribution in [0.25, 0.3) is 0 Å². The van der Waals surface area contributed by atoms with E-state index >= 15 is 0 Å². The summed E-state index contributed by atoms with van der Waals surface area (Å²) in [6.07, 6.45) is 8.14. The van der Waals surface area contributed by atoms with Crippen LogP contribution in [0.15, 0.2) is 24.3 Å². The molecule has 3 heteroatoms. The van der Waals surface area contributed by atoms with Gasteiger partial charge in [-0.3, -0.25) is 4.79 Å². The van der Waals surface area contributed by atoms with Gasteiger partial charge >= 0.3 is 0 Å². The van der Waals surface area contributed by atoms with Crippen molar-refractivity contribution in [3.05, 3.63) is 34.9 Å². The Bertz CT molecular complexity index is 456. The standard InChI is InChI=1S/C15H16ClNO/c1-2-9-17(11-13-3-4-13)15(18)10-12-5-7-14(16)8-6-12/h1,5-8,13H,3-4,9-11H2. The van der Waals surface area contributed by atoms with Gasteiger partial charge in [-0.25, -0.2) is 0 Å². The molecule has 0 radical (unpaired) electrons. The lowest BCUT2D eigenvalue weighted by atomic mass is 10.1. The lowest BCUT2D eigenvalue weighted by Crippen LogP contribution is -2.34. The van der Waals surface area contributed by atoms with Crippen LogP contribution in [-0.4, -0.2) is 23.9 Å². The number of benzene rings is 1. The molecule has 2 nitrogen and oxygen atoms in total. The molecule has 94 valence electrons. The zero-order chi connectivity index (χ0) is 13.0. The van der Waals surface area contributed by atoms with E-state index in [0.29, 0.717) is 23.9 Å². The van der Waals surface area contributed by atoms with Crippen molar-refractivity contribution >= 4 is 17.5 Å². The molecule has 1 fully saturated rings. The molecule has 2 rings (SSSR count). The highest BCUT2D eigenvalue weighted by Gasteiger charge is 2.26. The van der Waals surface area contributed by atoms with Crippen LogP contribution >= 0.6 is 11.6 Å². The quantitative estimate of drug-likeness (QED) is 0.747. The molecule has 0 bridgehead atoms. The van der Waals surface area contributed by atoms with Crippen LogP contribution in [0.5, 0.6) is 0 Å². The van der Waals surface area contributed by atoms with E-state index in [0.717, 1.165) is 12.1 Å². The highest BCUT2D eigenvalue weighted by molar-refractivity contribution is 6.30. The Labute approximate surface area is 113 Å². The average molecular weight is 262 g/mol. The van der Waals surface area contributed by atoms with Gasteiger partial charge in [-0.2, -0.15) is 0 Å². The van der Waals surface area contributed by atoms with Crippen molar-refractivity contribution in [2.45, 2.75) is 19.3 Å². The Kier molecular flexibility index (Phi) is 4.28. The second-order valence-electron chi connectivity index (χ2n) is 4.73. The molecule has 1 saturated carbocycles. The third kappa shape index (κ3) is 3.78. The Morgan fingerprint density at radius 2 is 2.06 bits per heavy atom. The van der Waals surface area contributed by atoms with Crippen LogP contribution in [0.1, 0.15) is 18.4 Å². The number of halogens is 1. The predicted octanol–water partition coefficient (Wildman–Crippen LogP) is 2.75. The minimum absolute atomic E-state index is 0.0992. The van der Waals surface area contributed by atoms with Gasteiger partial charge in [0.15, 0.2) is 0 Å². The van der Waals surface area contributed by atoms with Gasteiger partial charge in [0, 0.05) is 11.6 Å². The van der Waals surface area contributed by atoms with Gasteiger partial charge in [-0.1, -0.05) is 29.7 Å². The number of carbonyl (C=O) groups excluding carboxylic acids is 1. The van der Waals surface area contributed by atoms with Crippen molar-refractivity contribution in [3.8, 4) is 12.3 Å². The summed E-state index contributed by atoms with van der Waals surface area (Å²) in [6, 6.07) is 7.37. The van der Waals surface area contributed by atoms with Crippen LogP contribution in [0.4, 0.5) is 0 Å². The van der Waals surface area contributed by atoms with Gasteiger partial charge in [0.25, 0.3) is 0 Å². The summed E-state index contributed by atoms with van der Waals surface area (Å²) in [5, 5.41) is 0.685. The largest absolute Gasteiger partial charge is 0.331 e. The number of nitrogens with zero attached hydrogens (tertiary/aromatic N) is 1. The molecule has 0 saturated heterocycles. The van der Waals surface area contributed by atoms with Crippen molar-refractivity contribution in [2.75, 3.05) is 13.1 Å². The molecule has 1 aliphatic carbocycles. The summed E-state index contributed by atoms with van der Waals surface area (Å²) in [4.78, 5) is 13.9. The molecule has 0 spiro atoms. The molecule has 0 heterocycles. The van der Waals surface area contributed by atoms with E-state index in [-0.39, 0.29) is 5.91 Å². The van der Waals surface area contributed by atoms with Crippen molar-refractivity contribution in [1.29, 1.82) is 0 Å². The first-order valence-corrected chi connectivity index (χ1v) is 6.52. The number of hydrogen-bond acceptors (Lipinski definition) is 1. The second-order valence-corrected chi connectivity index (χ2v) is 5.16. The Morgan fingerprint density at radius 3 is 2.61 bits per heavy atom. The second kappa shape index (κ2) is 5.93. The summed E-state index contributed by atoms with van der Waals surface area (Å²) in [5.74, 6) is 3.32. The van der Waals surface area contributed by atoms with Crippen LogP contribution in [0.3, 0.4) is 0 Å². The molecular weight excluding hydrogens is 246 g/mol. The number of amides is 1. The third-order valence-electron chi connectivity index (χ3n) is 3.08. The van der Waals surface area contributed by atoms with E-state index < -0.39 is 0 Å². The fourth-order valence-corrected chi connectivity index (χ4v) is 1.99. The van der Waals surface area contributed by atoms with Gasteiger partial charge in [0.1, 0.15) is 0 Å². The molecule has 1 amide bonds. The molecule has 1 aromatic carbocycles. The lowest BCUT2D eigenvalue weighted by molar-refractivity contribution is -0.130. The summed E-state index contributed by atoms with van der Waals surface area (Å²) in [5.41, 5.74) is 0.974. The molecule has 1 aliphatic rings. The molecule has 0 aliphatic heterocycles. The van der Waals surface area contributed by atoms with Crippen LogP contribution < -0.4 is 0 Å². The van der Waals surface area contributed by atoms with Crippen LogP contribution in [0.2, 0.25) is 5.02 Å². The maximum absolute atomic E-state index is 12.1. The SMILES string of the molecule is C#CCN(CC1CC1)C(=O)Cc1ccc(Cl)cc1. The number of terminal acetylenes is 1. The first kappa shape index (κ1) is 13.0. The zero-order valence-corrected chi connectivity index (χ0v) is 11.0. The minimum atomic E-state index is 0.0992. The fourth-order valence-electron chi connectivity index (χ4n) is 1.87. The Hall–Kier alpha value is -1.46. The topological polar surface area (TPSA) is 20.3 Å². The van der Waals surface area contributed by atoms with E-state index in [9.17, 15) is 4.79 Å². The Balaban J connectivity index is 1.95. The lowest BCUT2D eigenvalue weighted by Gasteiger charge is -2.20. The van der Waals surface area contributed by atoms with E-state index in [1.54, 1.807) is 17.0 Å². The molecule has 0 aromatic heterocycles. The predicted molar refractivity (Wildman–Crippen MR) is 73.3 cm³/mol. The maximum atomic E-state index is 12.1. The minimum Gasteiger partial charge on any atom is -0.331 e. The summed E-state index contributed by atoms with van der Waals surface area (Å²) in [6.45, 7) is 1.21. The first-order chi connectivity index (χ1) is 8.69. The molecular formula is C15H16ClNO.